The Kier molecular flexibility index (Phi) is 2.31. The molecule has 1 aromatic heterocycles. The Morgan fingerprint density at radius 2 is 2.17 bits per heavy atom. The lowest BCUT2D eigenvalue weighted by Crippen LogP contribution is -1.81. The third-order valence-electron chi connectivity index (χ3n) is 1.66. The van der Waals surface area contributed by atoms with Crippen molar-refractivity contribution in [2.24, 2.45) is 0 Å². The first-order valence-corrected chi connectivity index (χ1v) is 6.06. The Hall–Kier alpha value is 0.190. The number of nitrogen functional groups attached to an aromatic ring is 1. The molecule has 12 heavy (non-hydrogen) atoms. The fourth-order valence-electron chi connectivity index (χ4n) is 1.06. The van der Waals surface area contributed by atoms with E-state index in [1.54, 1.807) is 11.3 Å². The number of hydrogen-bond donors (Lipinski definition) is 1. The number of hydrogen-bond acceptors (Lipinski definition) is 2. The van der Waals surface area contributed by atoms with E-state index in [0.29, 0.717) is 0 Å². The lowest BCUT2D eigenvalue weighted by molar-refractivity contribution is 1.70. The number of nitrogens with two attached hydrogens (primary N) is 1. The van der Waals surface area contributed by atoms with Gasteiger partial charge in [-0.15, -0.1) is 11.3 Å². The Morgan fingerprint density at radius 1 is 1.42 bits per heavy atom. The molecule has 1 heterocycles. The van der Waals surface area contributed by atoms with Crippen LogP contribution in [-0.2, 0) is 0 Å². The first-order valence-electron chi connectivity index (χ1n) is 3.31. The molecule has 1 nitrogen and oxygen atoms in total. The maximum Gasteiger partial charge on any atom is 0.0517 e. The first-order chi connectivity index (χ1) is 5.70. The summed E-state index contributed by atoms with van der Waals surface area (Å²) in [5.41, 5.74) is 6.65. The van der Waals surface area contributed by atoms with Gasteiger partial charge in [-0.3, -0.25) is 0 Å². The van der Waals surface area contributed by atoms with Gasteiger partial charge in [-0.2, -0.15) is 0 Å². The van der Waals surface area contributed by atoms with E-state index in [-0.39, 0.29) is 0 Å². The van der Waals surface area contributed by atoms with Crippen molar-refractivity contribution in [2.75, 3.05) is 5.73 Å². The van der Waals surface area contributed by atoms with E-state index in [4.69, 9.17) is 5.73 Å². The Labute approximate surface area is 96.2 Å². The monoisotopic (exact) mass is 353 g/mol. The summed E-state index contributed by atoms with van der Waals surface area (Å²) in [6.07, 6.45) is 0. The van der Waals surface area contributed by atoms with E-state index in [1.165, 1.54) is 8.27 Å². The molecule has 0 aliphatic rings. The maximum absolute atomic E-state index is 5.78. The van der Waals surface area contributed by atoms with Crippen LogP contribution in [0.2, 0.25) is 0 Å². The summed E-state index contributed by atoms with van der Waals surface area (Å²) < 4.78 is 3.61. The van der Waals surface area contributed by atoms with Gasteiger partial charge in [0.15, 0.2) is 0 Å². The molecule has 2 aromatic rings. The van der Waals surface area contributed by atoms with E-state index in [9.17, 15) is 0 Å². The smallest absolute Gasteiger partial charge is 0.0517 e. The third-order valence-corrected chi connectivity index (χ3v) is 5.42. The molecular weight excluding hydrogens is 349 g/mol. The SMILES string of the molecule is Nc1csc2c(Br)c(I)ccc12. The standard InChI is InChI=1S/C8H5BrINS/c9-7-5(10)2-1-4-6(11)3-12-8(4)7/h1-3H,11H2. The van der Waals surface area contributed by atoms with Crippen molar-refractivity contribution < 1.29 is 0 Å². The maximum atomic E-state index is 5.78. The second kappa shape index (κ2) is 3.16. The normalized spacial score (nSPS) is 10.8. The van der Waals surface area contributed by atoms with Gasteiger partial charge in [0.25, 0.3) is 0 Å². The van der Waals surface area contributed by atoms with Crippen LogP contribution in [-0.4, -0.2) is 0 Å². The summed E-state index contributed by atoms with van der Waals surface area (Å²) in [5, 5.41) is 3.12. The summed E-state index contributed by atoms with van der Waals surface area (Å²) in [6.45, 7) is 0. The molecule has 2 N–H and O–H groups in total. The van der Waals surface area contributed by atoms with E-state index in [1.807, 2.05) is 5.38 Å². The number of rotatable bonds is 0. The molecule has 0 radical (unpaired) electrons. The molecule has 62 valence electrons. The quantitative estimate of drug-likeness (QED) is 0.715. The lowest BCUT2D eigenvalue weighted by atomic mass is 10.2. The van der Waals surface area contributed by atoms with Gasteiger partial charge in [-0.25, -0.2) is 0 Å². The minimum absolute atomic E-state index is 0.868. The average molecular weight is 354 g/mol. The largest absolute Gasteiger partial charge is 0.398 e. The third kappa shape index (κ3) is 1.25. The van der Waals surface area contributed by atoms with Crippen molar-refractivity contribution >= 4 is 65.6 Å². The topological polar surface area (TPSA) is 26.0 Å². The molecule has 1 aromatic carbocycles. The summed E-state index contributed by atoms with van der Waals surface area (Å²) >= 11 is 7.52. The van der Waals surface area contributed by atoms with Crippen LogP contribution in [0.3, 0.4) is 0 Å². The van der Waals surface area contributed by atoms with Gasteiger partial charge >= 0.3 is 0 Å². The van der Waals surface area contributed by atoms with Gasteiger partial charge < -0.3 is 5.73 Å². The van der Waals surface area contributed by atoms with Crippen molar-refractivity contribution in [3.63, 3.8) is 0 Å². The van der Waals surface area contributed by atoms with Crippen molar-refractivity contribution in [2.45, 2.75) is 0 Å². The Morgan fingerprint density at radius 3 is 2.92 bits per heavy atom. The molecule has 0 aliphatic heterocycles. The van der Waals surface area contributed by atoms with E-state index in [2.05, 4.69) is 50.7 Å². The van der Waals surface area contributed by atoms with Crippen LogP contribution in [0, 0.1) is 3.57 Å². The Balaban J connectivity index is 2.93. The second-order valence-corrected chi connectivity index (χ2v) is 5.26. The minimum Gasteiger partial charge on any atom is -0.398 e. The highest BCUT2D eigenvalue weighted by Crippen LogP contribution is 2.36. The summed E-state index contributed by atoms with van der Waals surface area (Å²) in [7, 11) is 0. The molecule has 0 amide bonds. The number of fused-ring (bicyclic) bond motifs is 1. The number of anilines is 1. The van der Waals surface area contributed by atoms with Crippen LogP contribution in [0.1, 0.15) is 0 Å². The molecule has 2 rings (SSSR count). The molecule has 0 unspecified atom stereocenters. The summed E-state index contributed by atoms with van der Waals surface area (Å²) in [5.74, 6) is 0. The highest BCUT2D eigenvalue weighted by Gasteiger charge is 2.06. The molecule has 0 saturated heterocycles. The van der Waals surface area contributed by atoms with Crippen molar-refractivity contribution in [1.82, 2.24) is 0 Å². The number of halogens is 2. The predicted molar refractivity (Wildman–Crippen MR) is 66.7 cm³/mol. The molecule has 0 atom stereocenters. The van der Waals surface area contributed by atoms with Gasteiger partial charge in [0.1, 0.15) is 0 Å². The Bertz CT molecular complexity index is 438. The fourth-order valence-corrected chi connectivity index (χ4v) is 3.22. The molecule has 0 fully saturated rings. The zero-order chi connectivity index (χ0) is 8.72. The molecule has 0 spiro atoms. The van der Waals surface area contributed by atoms with Crippen LogP contribution < -0.4 is 5.73 Å². The molecular formula is C8H5BrINS. The number of thiophene rings is 1. The molecule has 0 aliphatic carbocycles. The van der Waals surface area contributed by atoms with Gasteiger partial charge in [0.2, 0.25) is 0 Å². The van der Waals surface area contributed by atoms with Gasteiger partial charge in [0.05, 0.1) is 10.4 Å². The predicted octanol–water partition coefficient (Wildman–Crippen LogP) is 3.85. The van der Waals surface area contributed by atoms with Crippen molar-refractivity contribution in [1.29, 1.82) is 0 Å². The van der Waals surface area contributed by atoms with Crippen LogP contribution in [0.15, 0.2) is 22.0 Å². The lowest BCUT2D eigenvalue weighted by Gasteiger charge is -1.97. The van der Waals surface area contributed by atoms with Gasteiger partial charge in [0, 0.05) is 18.8 Å². The number of benzene rings is 1. The van der Waals surface area contributed by atoms with Gasteiger partial charge in [-0.1, -0.05) is 6.07 Å². The summed E-state index contributed by atoms with van der Waals surface area (Å²) in [4.78, 5) is 0. The fraction of sp³-hybridized carbons (Fsp3) is 0. The second-order valence-electron chi connectivity index (χ2n) is 2.43. The summed E-state index contributed by atoms with van der Waals surface area (Å²) in [6, 6.07) is 4.13. The van der Waals surface area contributed by atoms with Crippen LogP contribution in [0.4, 0.5) is 5.69 Å². The van der Waals surface area contributed by atoms with E-state index >= 15 is 0 Å². The first kappa shape index (κ1) is 8.77. The average Bonchev–Trinajstić information content (AvgIpc) is 2.41. The van der Waals surface area contributed by atoms with E-state index < -0.39 is 0 Å². The van der Waals surface area contributed by atoms with Gasteiger partial charge in [-0.05, 0) is 44.6 Å². The molecule has 0 saturated carbocycles. The van der Waals surface area contributed by atoms with Crippen molar-refractivity contribution in [3.05, 3.63) is 25.6 Å². The molecule has 4 heteroatoms. The molecule has 0 bridgehead atoms. The minimum atomic E-state index is 0.868. The van der Waals surface area contributed by atoms with Crippen LogP contribution >= 0.6 is 49.9 Å². The van der Waals surface area contributed by atoms with E-state index in [0.717, 1.165) is 15.5 Å². The van der Waals surface area contributed by atoms with Crippen LogP contribution in [0.5, 0.6) is 0 Å². The zero-order valence-electron chi connectivity index (χ0n) is 5.97. The van der Waals surface area contributed by atoms with Crippen LogP contribution in [0.25, 0.3) is 10.1 Å². The highest BCUT2D eigenvalue weighted by molar-refractivity contribution is 14.1. The van der Waals surface area contributed by atoms with Crippen molar-refractivity contribution in [3.8, 4) is 0 Å². The highest BCUT2D eigenvalue weighted by atomic mass is 127. The zero-order valence-corrected chi connectivity index (χ0v) is 10.5.